The van der Waals surface area contributed by atoms with Crippen molar-refractivity contribution in [2.75, 3.05) is 53.0 Å². The molecule has 3 amide bonds. The Kier molecular flexibility index (Phi) is 7.89. The summed E-state index contributed by atoms with van der Waals surface area (Å²) in [5.41, 5.74) is -0.560. The second-order valence-electron chi connectivity index (χ2n) is 9.21. The van der Waals surface area contributed by atoms with Crippen molar-refractivity contribution in [2.24, 2.45) is 5.92 Å². The van der Waals surface area contributed by atoms with Gasteiger partial charge in [-0.15, -0.1) is 0 Å². The second kappa shape index (κ2) is 10.4. The molecule has 178 valence electrons. The summed E-state index contributed by atoms with van der Waals surface area (Å²) in [7, 11) is 1.62. The Hall–Kier alpha value is -2.46. The van der Waals surface area contributed by atoms with E-state index >= 15 is 0 Å². The predicted molar refractivity (Wildman–Crippen MR) is 119 cm³/mol. The molecule has 1 atom stereocenters. The molecule has 0 radical (unpaired) electrons. The van der Waals surface area contributed by atoms with Crippen LogP contribution in [0.4, 0.5) is 0 Å². The number of amides is 3. The molecule has 1 saturated heterocycles. The average molecular weight is 449 g/mol. The lowest BCUT2D eigenvalue weighted by Gasteiger charge is -2.40. The lowest BCUT2D eigenvalue weighted by molar-refractivity contribution is -0.132. The highest BCUT2D eigenvalue weighted by atomic mass is 16.5. The Bertz CT molecular complexity index is 832. The number of nitrogens with zero attached hydrogens (tertiary/aromatic N) is 4. The van der Waals surface area contributed by atoms with Gasteiger partial charge in [0.05, 0.1) is 19.8 Å². The van der Waals surface area contributed by atoms with E-state index in [1.165, 1.54) is 15.6 Å². The van der Waals surface area contributed by atoms with Crippen molar-refractivity contribution in [3.05, 3.63) is 17.5 Å². The van der Waals surface area contributed by atoms with E-state index < -0.39 is 5.54 Å². The number of ether oxygens (including phenoxy) is 1. The van der Waals surface area contributed by atoms with Crippen LogP contribution in [0, 0.1) is 5.92 Å². The second-order valence-corrected chi connectivity index (χ2v) is 9.21. The van der Waals surface area contributed by atoms with Crippen LogP contribution in [0.25, 0.3) is 0 Å². The largest absolute Gasteiger partial charge is 0.379 e. The van der Waals surface area contributed by atoms with Crippen LogP contribution < -0.4 is 10.6 Å². The maximum atomic E-state index is 12.9. The van der Waals surface area contributed by atoms with E-state index in [0.29, 0.717) is 24.7 Å². The molecule has 0 aromatic carbocycles. The fourth-order valence-corrected chi connectivity index (χ4v) is 3.92. The molecule has 1 aromatic heterocycles. The highest BCUT2D eigenvalue weighted by molar-refractivity contribution is 6.01. The van der Waals surface area contributed by atoms with Crippen LogP contribution in [-0.2, 0) is 16.1 Å². The number of rotatable bonds is 9. The Balaban J connectivity index is 1.58. The van der Waals surface area contributed by atoms with E-state index in [2.05, 4.69) is 34.5 Å². The number of nitrogens with one attached hydrogen (secondary N) is 2. The van der Waals surface area contributed by atoms with Crippen molar-refractivity contribution in [3.63, 3.8) is 0 Å². The van der Waals surface area contributed by atoms with Crippen molar-refractivity contribution in [1.82, 2.24) is 30.2 Å². The molecule has 2 N–H and O–H groups in total. The van der Waals surface area contributed by atoms with E-state index in [0.717, 1.165) is 45.7 Å². The molecule has 10 heteroatoms. The van der Waals surface area contributed by atoms with E-state index in [1.807, 2.05) is 0 Å². The third kappa shape index (κ3) is 5.47. The number of likely N-dealkylation sites (N-methyl/N-ethyl adjacent to an activating group) is 1. The fraction of sp³-hybridized carbons (Fsp3) is 0.727. The SMILES string of the molecule is CC(C)CCNC(=O)C1(C)Cn2nc(C(=O)NCCCN3CCOCC3)cc2C(=O)N1C. The third-order valence-electron chi connectivity index (χ3n) is 6.27. The molecule has 3 rings (SSSR count). The minimum absolute atomic E-state index is 0.192. The molecule has 10 nitrogen and oxygen atoms in total. The molecule has 1 unspecified atom stereocenters. The molecule has 0 saturated carbocycles. The minimum atomic E-state index is -1.07. The van der Waals surface area contributed by atoms with Crippen LogP contribution in [0.15, 0.2) is 6.07 Å². The average Bonchev–Trinajstić information content (AvgIpc) is 3.19. The zero-order valence-electron chi connectivity index (χ0n) is 19.6. The van der Waals surface area contributed by atoms with Gasteiger partial charge >= 0.3 is 0 Å². The quantitative estimate of drug-likeness (QED) is 0.528. The van der Waals surface area contributed by atoms with Crippen molar-refractivity contribution in [2.45, 2.75) is 45.7 Å². The summed E-state index contributed by atoms with van der Waals surface area (Å²) in [6, 6.07) is 1.51. The molecule has 32 heavy (non-hydrogen) atoms. The van der Waals surface area contributed by atoms with Crippen molar-refractivity contribution in [3.8, 4) is 0 Å². The van der Waals surface area contributed by atoms with Crippen molar-refractivity contribution >= 4 is 17.7 Å². The highest BCUT2D eigenvalue weighted by Crippen LogP contribution is 2.26. The van der Waals surface area contributed by atoms with Crippen molar-refractivity contribution in [1.29, 1.82) is 0 Å². The van der Waals surface area contributed by atoms with Gasteiger partial charge in [0, 0.05) is 39.3 Å². The van der Waals surface area contributed by atoms with Gasteiger partial charge in [0.1, 0.15) is 11.2 Å². The number of morpholine rings is 1. The van der Waals surface area contributed by atoms with Crippen LogP contribution in [-0.4, -0.2) is 95.8 Å². The van der Waals surface area contributed by atoms with E-state index in [9.17, 15) is 14.4 Å². The molecule has 2 aliphatic heterocycles. The maximum Gasteiger partial charge on any atom is 0.272 e. The van der Waals surface area contributed by atoms with Gasteiger partial charge < -0.3 is 20.3 Å². The molecular formula is C22H36N6O4. The highest BCUT2D eigenvalue weighted by Gasteiger charge is 2.46. The van der Waals surface area contributed by atoms with E-state index in [4.69, 9.17) is 4.74 Å². The summed E-state index contributed by atoms with van der Waals surface area (Å²) in [6.07, 6.45) is 1.69. The van der Waals surface area contributed by atoms with Crippen LogP contribution >= 0.6 is 0 Å². The molecular weight excluding hydrogens is 412 g/mol. The number of fused-ring (bicyclic) bond motifs is 1. The van der Waals surface area contributed by atoms with Gasteiger partial charge in [-0.25, -0.2) is 0 Å². The normalized spacial score (nSPS) is 21.5. The summed E-state index contributed by atoms with van der Waals surface area (Å²) < 4.78 is 6.82. The summed E-state index contributed by atoms with van der Waals surface area (Å²) in [6.45, 7) is 11.4. The summed E-state index contributed by atoms with van der Waals surface area (Å²) in [5, 5.41) is 10.2. The topological polar surface area (TPSA) is 109 Å². The van der Waals surface area contributed by atoms with Gasteiger partial charge in [-0.2, -0.15) is 5.10 Å². The number of aromatic nitrogens is 2. The first-order valence-electron chi connectivity index (χ1n) is 11.4. The van der Waals surface area contributed by atoms with Crippen LogP contribution in [0.1, 0.15) is 54.6 Å². The predicted octanol–water partition coefficient (Wildman–Crippen LogP) is 0.342. The minimum Gasteiger partial charge on any atom is -0.379 e. The Morgan fingerprint density at radius 2 is 1.94 bits per heavy atom. The molecule has 2 aliphatic rings. The van der Waals surface area contributed by atoms with Crippen LogP contribution in [0.2, 0.25) is 0 Å². The van der Waals surface area contributed by atoms with Gasteiger partial charge in [0.15, 0.2) is 5.69 Å². The first-order chi connectivity index (χ1) is 15.2. The third-order valence-corrected chi connectivity index (χ3v) is 6.27. The van der Waals surface area contributed by atoms with Gasteiger partial charge in [0.2, 0.25) is 5.91 Å². The van der Waals surface area contributed by atoms with Crippen LogP contribution in [0.5, 0.6) is 0 Å². The molecule has 1 aromatic rings. The van der Waals surface area contributed by atoms with Gasteiger partial charge in [-0.1, -0.05) is 13.8 Å². The smallest absolute Gasteiger partial charge is 0.272 e. The first-order valence-corrected chi connectivity index (χ1v) is 11.4. The Morgan fingerprint density at radius 1 is 1.22 bits per heavy atom. The lowest BCUT2D eigenvalue weighted by atomic mass is 9.95. The number of hydrogen-bond donors (Lipinski definition) is 2. The fourth-order valence-electron chi connectivity index (χ4n) is 3.92. The summed E-state index contributed by atoms with van der Waals surface area (Å²) >= 11 is 0. The standard InChI is InChI=1S/C22H36N6O4/c1-16(2)6-8-24-21(31)22(3)15-28-18(20(30)26(22)4)14-17(25-28)19(29)23-7-5-9-27-10-12-32-13-11-27/h14,16H,5-13,15H2,1-4H3,(H,23,29)(H,24,31). The lowest BCUT2D eigenvalue weighted by Crippen LogP contribution is -2.62. The molecule has 3 heterocycles. The van der Waals surface area contributed by atoms with Gasteiger partial charge in [0.25, 0.3) is 11.8 Å². The number of carbonyl (C=O) groups is 3. The van der Waals surface area contributed by atoms with Gasteiger partial charge in [-0.05, 0) is 32.2 Å². The molecule has 1 fully saturated rings. The Morgan fingerprint density at radius 3 is 2.62 bits per heavy atom. The number of hydrogen-bond acceptors (Lipinski definition) is 6. The Labute approximate surface area is 189 Å². The number of carbonyl (C=O) groups excluding carboxylic acids is 3. The van der Waals surface area contributed by atoms with Crippen molar-refractivity contribution < 1.29 is 19.1 Å². The van der Waals surface area contributed by atoms with Crippen LogP contribution in [0.3, 0.4) is 0 Å². The first kappa shape index (κ1) is 24.2. The zero-order chi connectivity index (χ0) is 23.3. The zero-order valence-corrected chi connectivity index (χ0v) is 19.6. The summed E-state index contributed by atoms with van der Waals surface area (Å²) in [5.74, 6) is -0.380. The van der Waals surface area contributed by atoms with E-state index in [-0.39, 0.29) is 30.0 Å². The molecule has 0 spiro atoms. The maximum absolute atomic E-state index is 12.9. The summed E-state index contributed by atoms with van der Waals surface area (Å²) in [4.78, 5) is 42.1. The monoisotopic (exact) mass is 448 g/mol. The van der Waals surface area contributed by atoms with Gasteiger partial charge in [-0.3, -0.25) is 24.0 Å². The molecule has 0 aliphatic carbocycles. The van der Waals surface area contributed by atoms with E-state index in [1.54, 1.807) is 14.0 Å². The molecule has 0 bridgehead atoms.